The van der Waals surface area contributed by atoms with Gasteiger partial charge in [0.1, 0.15) is 11.3 Å². The van der Waals surface area contributed by atoms with Crippen LogP contribution in [0.1, 0.15) is 21.5 Å². The zero-order chi connectivity index (χ0) is 27.4. The number of hydrogen-bond acceptors (Lipinski definition) is 7. The highest BCUT2D eigenvalue weighted by Gasteiger charge is 2.30. The van der Waals surface area contributed by atoms with Crippen LogP contribution in [-0.4, -0.2) is 25.6 Å². The Bertz CT molecular complexity index is 1580. The van der Waals surface area contributed by atoms with Gasteiger partial charge in [-0.2, -0.15) is 13.2 Å². The minimum atomic E-state index is -4.55. The Balaban J connectivity index is 1.42. The minimum Gasteiger partial charge on any atom is -0.493 e. The first-order valence-electron chi connectivity index (χ1n) is 11.1. The maximum Gasteiger partial charge on any atom is 0.416 e. The Labute approximate surface area is 213 Å². The number of carbonyl (C=O) groups is 2. The molecule has 0 spiro atoms. The number of esters is 1. The normalized spacial score (nSPS) is 11.2. The van der Waals surface area contributed by atoms with E-state index in [0.29, 0.717) is 5.39 Å². The average molecular weight is 527 g/mol. The Hall–Kier alpha value is -4.80. The van der Waals surface area contributed by atoms with Crippen LogP contribution in [0.25, 0.3) is 11.0 Å². The van der Waals surface area contributed by atoms with Gasteiger partial charge in [-0.05, 0) is 61.0 Å². The van der Waals surface area contributed by atoms with Gasteiger partial charge in [-0.3, -0.25) is 4.79 Å². The highest BCUT2D eigenvalue weighted by molar-refractivity contribution is 5.93. The summed E-state index contributed by atoms with van der Waals surface area (Å²) < 4.78 is 59.8. The van der Waals surface area contributed by atoms with Gasteiger partial charge in [0, 0.05) is 23.2 Å². The van der Waals surface area contributed by atoms with E-state index in [1.165, 1.54) is 49.6 Å². The lowest BCUT2D eigenvalue weighted by Gasteiger charge is -2.13. The maximum absolute atomic E-state index is 12.9. The molecule has 3 aromatic carbocycles. The number of ether oxygens (including phenoxy) is 3. The van der Waals surface area contributed by atoms with Crippen molar-refractivity contribution in [1.82, 2.24) is 0 Å². The molecule has 0 fully saturated rings. The molecule has 0 atom stereocenters. The van der Waals surface area contributed by atoms with Crippen LogP contribution in [0.3, 0.4) is 0 Å². The highest BCUT2D eigenvalue weighted by atomic mass is 19.4. The lowest BCUT2D eigenvalue weighted by molar-refractivity contribution is -0.137. The molecule has 0 bridgehead atoms. The minimum absolute atomic E-state index is 0.0402. The zero-order valence-electron chi connectivity index (χ0n) is 20.0. The van der Waals surface area contributed by atoms with E-state index in [2.05, 4.69) is 5.32 Å². The van der Waals surface area contributed by atoms with Crippen molar-refractivity contribution < 1.29 is 41.4 Å². The second-order valence-corrected chi connectivity index (χ2v) is 8.08. The number of hydrogen-bond donors (Lipinski definition) is 1. The number of nitrogens with one attached hydrogen (secondary N) is 1. The van der Waals surface area contributed by atoms with Crippen LogP contribution in [0.2, 0.25) is 0 Å². The Morgan fingerprint density at radius 2 is 1.76 bits per heavy atom. The van der Waals surface area contributed by atoms with Gasteiger partial charge in [-0.15, -0.1) is 0 Å². The van der Waals surface area contributed by atoms with Crippen molar-refractivity contribution in [2.45, 2.75) is 13.1 Å². The van der Waals surface area contributed by atoms with Crippen molar-refractivity contribution in [2.24, 2.45) is 0 Å². The fraction of sp³-hybridized carbons (Fsp3) is 0.148. The molecule has 0 radical (unpaired) electrons. The predicted molar refractivity (Wildman–Crippen MR) is 131 cm³/mol. The summed E-state index contributed by atoms with van der Waals surface area (Å²) in [6, 6.07) is 14.3. The van der Waals surface area contributed by atoms with Crippen molar-refractivity contribution in [3.05, 3.63) is 93.8 Å². The molecule has 0 saturated carbocycles. The molecule has 0 unspecified atom stereocenters. The number of fused-ring (bicyclic) bond motifs is 1. The van der Waals surface area contributed by atoms with Gasteiger partial charge in [-0.1, -0.05) is 6.07 Å². The van der Waals surface area contributed by atoms with Crippen LogP contribution in [0, 0.1) is 6.92 Å². The lowest BCUT2D eigenvalue weighted by Crippen LogP contribution is -2.20. The van der Waals surface area contributed by atoms with Gasteiger partial charge in [0.25, 0.3) is 5.91 Å². The molecule has 1 amide bonds. The van der Waals surface area contributed by atoms with Crippen molar-refractivity contribution in [1.29, 1.82) is 0 Å². The van der Waals surface area contributed by atoms with Gasteiger partial charge in [0.15, 0.2) is 18.1 Å². The summed E-state index contributed by atoms with van der Waals surface area (Å²) in [5.74, 6) is -1.04. The zero-order valence-corrected chi connectivity index (χ0v) is 20.0. The first-order valence-corrected chi connectivity index (χ1v) is 11.1. The van der Waals surface area contributed by atoms with Crippen molar-refractivity contribution >= 4 is 28.5 Å². The third-order valence-electron chi connectivity index (χ3n) is 5.37. The molecular weight excluding hydrogens is 507 g/mol. The SMILES string of the molecule is COc1cc(C(=O)Oc2ccc3c(C)cc(=O)oc3c2)ccc1OCC(=O)Nc1cccc(C(F)(F)F)c1. The summed E-state index contributed by atoms with van der Waals surface area (Å²) in [6.45, 7) is 1.23. The van der Waals surface area contributed by atoms with E-state index in [1.54, 1.807) is 19.1 Å². The number of anilines is 1. The van der Waals surface area contributed by atoms with Crippen LogP contribution >= 0.6 is 0 Å². The average Bonchev–Trinajstić information content (AvgIpc) is 2.86. The van der Waals surface area contributed by atoms with Crippen LogP contribution < -0.4 is 25.2 Å². The Morgan fingerprint density at radius 3 is 2.50 bits per heavy atom. The van der Waals surface area contributed by atoms with Crippen LogP contribution in [0.5, 0.6) is 17.2 Å². The van der Waals surface area contributed by atoms with Gasteiger partial charge >= 0.3 is 17.8 Å². The molecule has 0 aliphatic rings. The van der Waals surface area contributed by atoms with E-state index in [9.17, 15) is 27.6 Å². The number of aryl methyl sites for hydroxylation is 1. The van der Waals surface area contributed by atoms with E-state index >= 15 is 0 Å². The fourth-order valence-electron chi connectivity index (χ4n) is 3.56. The summed E-state index contributed by atoms with van der Waals surface area (Å²) in [5, 5.41) is 3.03. The molecule has 11 heteroatoms. The van der Waals surface area contributed by atoms with E-state index in [1.807, 2.05) is 0 Å². The second kappa shape index (κ2) is 10.7. The van der Waals surface area contributed by atoms with E-state index < -0.39 is 35.8 Å². The number of alkyl halides is 3. The molecule has 8 nitrogen and oxygen atoms in total. The molecule has 0 saturated heterocycles. The highest BCUT2D eigenvalue weighted by Crippen LogP contribution is 2.31. The Morgan fingerprint density at radius 1 is 0.974 bits per heavy atom. The number of halogens is 3. The predicted octanol–water partition coefficient (Wildman–Crippen LogP) is 5.37. The molecule has 1 N–H and O–H groups in total. The smallest absolute Gasteiger partial charge is 0.416 e. The quantitative estimate of drug-likeness (QED) is 0.196. The first-order chi connectivity index (χ1) is 18.0. The standard InChI is InChI=1S/C27H20F3NO7/c1-15-10-25(33)38-22-13-19(7-8-20(15)22)37-26(34)16-6-9-21(23(11-16)35-2)36-14-24(32)31-18-5-3-4-17(12-18)27(28,29)30/h3-13H,14H2,1-2H3,(H,31,32). The van der Waals surface area contributed by atoms with Crippen LogP contribution in [0.4, 0.5) is 18.9 Å². The van der Waals surface area contributed by atoms with Crippen molar-refractivity contribution in [3.63, 3.8) is 0 Å². The van der Waals surface area contributed by atoms with Crippen molar-refractivity contribution in [2.75, 3.05) is 19.0 Å². The number of benzene rings is 3. The number of amides is 1. The molecule has 0 aliphatic carbocycles. The Kier molecular flexibility index (Phi) is 7.38. The lowest BCUT2D eigenvalue weighted by atomic mass is 10.1. The number of carbonyl (C=O) groups excluding carboxylic acids is 2. The van der Waals surface area contributed by atoms with Gasteiger partial charge < -0.3 is 23.9 Å². The monoisotopic (exact) mass is 527 g/mol. The van der Waals surface area contributed by atoms with Gasteiger partial charge in [0.05, 0.1) is 18.2 Å². The summed E-state index contributed by atoms with van der Waals surface area (Å²) in [4.78, 5) is 36.5. The van der Waals surface area contributed by atoms with Gasteiger partial charge in [-0.25, -0.2) is 9.59 Å². The van der Waals surface area contributed by atoms with Gasteiger partial charge in [0.2, 0.25) is 0 Å². The van der Waals surface area contributed by atoms with Crippen molar-refractivity contribution in [3.8, 4) is 17.2 Å². The molecule has 4 aromatic rings. The third-order valence-corrected chi connectivity index (χ3v) is 5.37. The summed E-state index contributed by atoms with van der Waals surface area (Å²) in [5.41, 5.74) is -0.371. The molecular formula is C27H20F3NO7. The summed E-state index contributed by atoms with van der Waals surface area (Å²) in [6.07, 6.45) is -4.55. The van der Waals surface area contributed by atoms with Crippen LogP contribution in [-0.2, 0) is 11.0 Å². The van der Waals surface area contributed by atoms with Crippen LogP contribution in [0.15, 0.2) is 75.9 Å². The van der Waals surface area contributed by atoms with E-state index in [0.717, 1.165) is 17.7 Å². The van der Waals surface area contributed by atoms with E-state index in [-0.39, 0.29) is 34.1 Å². The van der Waals surface area contributed by atoms with E-state index in [4.69, 9.17) is 18.6 Å². The largest absolute Gasteiger partial charge is 0.493 e. The maximum atomic E-state index is 12.9. The number of rotatable bonds is 7. The fourth-order valence-corrected chi connectivity index (χ4v) is 3.56. The summed E-state index contributed by atoms with van der Waals surface area (Å²) in [7, 11) is 1.33. The molecule has 0 aliphatic heterocycles. The molecule has 4 rings (SSSR count). The first kappa shape index (κ1) is 26.3. The number of methoxy groups -OCH3 is 1. The molecule has 1 heterocycles. The summed E-state index contributed by atoms with van der Waals surface area (Å²) >= 11 is 0. The molecule has 1 aromatic heterocycles. The molecule has 38 heavy (non-hydrogen) atoms. The topological polar surface area (TPSA) is 104 Å². The third kappa shape index (κ3) is 6.12. The second-order valence-electron chi connectivity index (χ2n) is 8.08. The molecule has 196 valence electrons.